The Balaban J connectivity index is 0.000000156. The van der Waals surface area contributed by atoms with Gasteiger partial charge in [-0.3, -0.25) is 0 Å². The van der Waals surface area contributed by atoms with Crippen LogP contribution in [0.25, 0.3) is 0 Å². The van der Waals surface area contributed by atoms with Gasteiger partial charge >= 0.3 is 73.4 Å². The molecule has 240 valence electrons. The first-order valence-electron chi connectivity index (χ1n) is 16.8. The van der Waals surface area contributed by atoms with Crippen LogP contribution in [0.4, 0.5) is 5.69 Å². The van der Waals surface area contributed by atoms with Gasteiger partial charge in [0.15, 0.2) is 0 Å². The van der Waals surface area contributed by atoms with E-state index in [-0.39, 0.29) is 7.92 Å². The predicted octanol–water partition coefficient (Wildman–Crippen LogP) is 11.6. The fourth-order valence-corrected chi connectivity index (χ4v) is 15.0. The van der Waals surface area contributed by atoms with Crippen molar-refractivity contribution in [1.29, 1.82) is 0 Å². The monoisotopic (exact) mass is 730 g/mol. The van der Waals surface area contributed by atoms with Crippen LogP contribution in [0.2, 0.25) is 0 Å². The summed E-state index contributed by atoms with van der Waals surface area (Å²) in [6.07, 6.45) is 27.8. The molecule has 0 radical (unpaired) electrons. The molecule has 0 spiro atoms. The maximum atomic E-state index is 5.67. The van der Waals surface area contributed by atoms with Crippen molar-refractivity contribution >= 4 is 37.6 Å². The molecule has 0 amide bonds. The van der Waals surface area contributed by atoms with Crippen LogP contribution >= 0.6 is 27.3 Å². The third-order valence-corrected chi connectivity index (χ3v) is 16.1. The van der Waals surface area contributed by atoms with Crippen LogP contribution in [0, 0.1) is 27.4 Å². The number of rotatable bonds is 5. The summed E-state index contributed by atoms with van der Waals surface area (Å²) in [5, 5.41) is 3.06. The van der Waals surface area contributed by atoms with Gasteiger partial charge in [0.2, 0.25) is 0 Å². The van der Waals surface area contributed by atoms with E-state index in [4.69, 9.17) is 19.4 Å². The van der Waals surface area contributed by atoms with Crippen molar-refractivity contribution in [3.8, 4) is 0 Å². The van der Waals surface area contributed by atoms with Gasteiger partial charge in [0.05, 0.1) is 17.0 Å². The zero-order valence-corrected chi connectivity index (χ0v) is 31.0. The molecule has 6 heteroatoms. The molecule has 0 aromatic heterocycles. The molecule has 4 aliphatic rings. The van der Waals surface area contributed by atoms with Crippen LogP contribution in [0.1, 0.15) is 119 Å². The summed E-state index contributed by atoms with van der Waals surface area (Å²) in [5.74, 6) is 0. The Morgan fingerprint density at radius 1 is 0.744 bits per heavy atom. The van der Waals surface area contributed by atoms with E-state index < -0.39 is 13.5 Å². The minimum atomic E-state index is -1.61. The molecule has 2 aromatic carbocycles. The van der Waals surface area contributed by atoms with Crippen molar-refractivity contribution in [2.45, 2.75) is 134 Å². The molecule has 0 unspecified atom stereocenters. The number of hydrogen-bond acceptors (Lipinski definition) is 2. The van der Waals surface area contributed by atoms with Crippen LogP contribution in [-0.4, -0.2) is 21.6 Å². The number of aryl methyl sites for hydroxylation is 3. The summed E-state index contributed by atoms with van der Waals surface area (Å²) >= 11 is -1.61. The first-order valence-corrected chi connectivity index (χ1v) is 24.0. The molecule has 2 nitrogen and oxygen atoms in total. The molecule has 0 atom stereocenters. The summed E-state index contributed by atoms with van der Waals surface area (Å²) in [5.41, 5.74) is 10.0. The number of halogens is 2. The van der Waals surface area contributed by atoms with Crippen molar-refractivity contribution in [2.24, 2.45) is 0 Å². The van der Waals surface area contributed by atoms with E-state index in [1.165, 1.54) is 39.4 Å². The molecule has 3 aliphatic carbocycles. The van der Waals surface area contributed by atoms with Crippen molar-refractivity contribution < 1.29 is 13.5 Å². The third kappa shape index (κ3) is 11.5. The molecule has 1 aliphatic heterocycles. The quantitative estimate of drug-likeness (QED) is 0.187. The second-order valence-electron chi connectivity index (χ2n) is 13.0. The summed E-state index contributed by atoms with van der Waals surface area (Å²) in [6, 6.07) is 14.3. The number of anilines is 1. The van der Waals surface area contributed by atoms with E-state index in [1.54, 1.807) is 96.3 Å². The van der Waals surface area contributed by atoms with Gasteiger partial charge in [0.25, 0.3) is 0 Å². The molecule has 2 aromatic rings. The average molecular weight is 731 g/mol. The Hall–Kier alpha value is -0.717. The van der Waals surface area contributed by atoms with E-state index in [1.807, 2.05) is 54.0 Å². The topological polar surface area (TPSA) is 15.3 Å². The second kappa shape index (κ2) is 19.1. The number of benzene rings is 2. The summed E-state index contributed by atoms with van der Waals surface area (Å²) in [7, 11) is 11.3. The third-order valence-electron chi connectivity index (χ3n) is 9.66. The standard InChI is InChI=1S/C18H33P.C12H15N2.C7H6.2ClH.Ru/c1-4-10-16(11-5-1)19(17-12-6-2-7-13-17)18-14-8-3-9-15-18;1-9-6-10(2)12(11(3)7-9)14-5-4-13-8-14;1-7-5-3-2-4-6-7;;;/h16-18H,1-15H2;4-8,13H,1-3H3;1-6H;2*1H;/q;-1;;;;+2/p-1. The number of nitrogens with zero attached hydrogens (tertiary/aromatic N) is 1. The van der Waals surface area contributed by atoms with Gasteiger partial charge in [-0.25, -0.2) is 0 Å². The molecule has 1 heterocycles. The second-order valence-corrected chi connectivity index (χ2v) is 22.2. The van der Waals surface area contributed by atoms with Crippen molar-refractivity contribution in [2.75, 3.05) is 4.90 Å². The Bertz CT molecular complexity index is 1080. The molecule has 43 heavy (non-hydrogen) atoms. The van der Waals surface area contributed by atoms with Gasteiger partial charge in [-0.15, -0.1) is 0 Å². The summed E-state index contributed by atoms with van der Waals surface area (Å²) in [6.45, 7) is 8.39. The Labute approximate surface area is 277 Å². The van der Waals surface area contributed by atoms with Gasteiger partial charge in [-0.05, 0) is 121 Å². The van der Waals surface area contributed by atoms with Gasteiger partial charge in [-0.2, -0.15) is 6.67 Å². The molecular formula is C37H55Cl2N2PRu. The van der Waals surface area contributed by atoms with E-state index in [9.17, 15) is 0 Å². The number of hydrogen-bond donors (Lipinski definition) is 1. The number of nitrogens with one attached hydrogen (secondary N) is 1. The predicted molar refractivity (Wildman–Crippen MR) is 192 cm³/mol. The van der Waals surface area contributed by atoms with Crippen LogP contribution in [0.5, 0.6) is 0 Å². The summed E-state index contributed by atoms with van der Waals surface area (Å²) in [4.78, 5) is 2.12. The first kappa shape index (κ1) is 35.1. The fourth-order valence-electron chi connectivity index (χ4n) is 7.93. The maximum absolute atomic E-state index is 5.67. The van der Waals surface area contributed by atoms with E-state index in [0.29, 0.717) is 0 Å². The van der Waals surface area contributed by atoms with Crippen molar-refractivity contribution in [3.05, 3.63) is 83.8 Å². The average Bonchev–Trinajstić information content (AvgIpc) is 3.54. The molecule has 0 saturated heterocycles. The SMILES string of the molecule is C1CCC([PH+](C2CCCCC2)C2CCCCC2)CC1.Cc1cc(C)c(N2C=CN[CH-]2)c(C)c1.[Cl][Ru]([Cl])=[CH]c1ccccc1. The van der Waals surface area contributed by atoms with Crippen LogP contribution in [0.3, 0.4) is 0 Å². The van der Waals surface area contributed by atoms with Gasteiger partial charge in [-0.1, -0.05) is 37.0 Å². The fraction of sp³-hybridized carbons (Fsp3) is 0.568. The summed E-state index contributed by atoms with van der Waals surface area (Å²) < 4.78 is 1.92. The molecule has 3 saturated carbocycles. The normalized spacial score (nSPS) is 20.0. The van der Waals surface area contributed by atoms with Crippen LogP contribution < -0.4 is 10.2 Å². The van der Waals surface area contributed by atoms with E-state index in [2.05, 4.69) is 43.1 Å². The van der Waals surface area contributed by atoms with Crippen molar-refractivity contribution in [3.63, 3.8) is 0 Å². The molecular weight excluding hydrogens is 675 g/mol. The Morgan fingerprint density at radius 3 is 1.60 bits per heavy atom. The molecule has 1 N–H and O–H groups in total. The first-order chi connectivity index (χ1) is 20.9. The zero-order chi connectivity index (χ0) is 30.4. The van der Waals surface area contributed by atoms with E-state index in [0.717, 1.165) is 5.56 Å². The van der Waals surface area contributed by atoms with E-state index >= 15 is 0 Å². The Kier molecular flexibility index (Phi) is 15.6. The van der Waals surface area contributed by atoms with Crippen molar-refractivity contribution in [1.82, 2.24) is 5.32 Å². The van der Waals surface area contributed by atoms with Gasteiger partial charge in [0.1, 0.15) is 0 Å². The zero-order valence-electron chi connectivity index (χ0n) is 26.7. The van der Waals surface area contributed by atoms with Crippen LogP contribution in [0.15, 0.2) is 54.9 Å². The molecule has 6 rings (SSSR count). The minimum absolute atomic E-state index is 0.0465. The van der Waals surface area contributed by atoms with Gasteiger partial charge in [0, 0.05) is 13.6 Å². The van der Waals surface area contributed by atoms with Crippen LogP contribution in [-0.2, 0) is 13.5 Å². The Morgan fingerprint density at radius 2 is 1.21 bits per heavy atom. The molecule has 3 fully saturated rings. The molecule has 0 bridgehead atoms. The van der Waals surface area contributed by atoms with Gasteiger partial charge < -0.3 is 10.2 Å².